The van der Waals surface area contributed by atoms with Crippen LogP contribution in [0.2, 0.25) is 5.28 Å². The van der Waals surface area contributed by atoms with E-state index < -0.39 is 0 Å². The highest BCUT2D eigenvalue weighted by Gasteiger charge is 2.10. The minimum atomic E-state index is -0.191. The zero-order valence-electron chi connectivity index (χ0n) is 11.9. The highest BCUT2D eigenvalue weighted by atomic mass is 35.5. The van der Waals surface area contributed by atoms with Gasteiger partial charge in [0.2, 0.25) is 16.4 Å². The highest BCUT2D eigenvalue weighted by Crippen LogP contribution is 2.22. The van der Waals surface area contributed by atoms with E-state index in [2.05, 4.69) is 24.9 Å². The molecule has 0 fully saturated rings. The molecule has 7 nitrogen and oxygen atoms in total. The van der Waals surface area contributed by atoms with E-state index in [4.69, 9.17) is 11.6 Å². The van der Waals surface area contributed by atoms with Crippen molar-refractivity contribution in [3.8, 4) is 0 Å². The number of aromatic nitrogens is 5. The zero-order valence-corrected chi connectivity index (χ0v) is 13.5. The second-order valence-corrected chi connectivity index (χ2v) is 5.77. The van der Waals surface area contributed by atoms with Crippen molar-refractivity contribution in [2.24, 2.45) is 0 Å². The standard InChI is InChI=1S/C12H15ClN6OS/c1-4-5-7-6-8(20)15-11(14-7)21-12-17-9(13)16-10(18-12)19(2)3/h6H,4-5H2,1-3H3,(H,14,15,20). The molecule has 0 atom stereocenters. The number of hydrogen-bond donors (Lipinski definition) is 1. The quantitative estimate of drug-likeness (QED) is 0.838. The van der Waals surface area contributed by atoms with Crippen molar-refractivity contribution in [2.75, 3.05) is 19.0 Å². The van der Waals surface area contributed by atoms with Crippen LogP contribution in [0.25, 0.3) is 0 Å². The van der Waals surface area contributed by atoms with Crippen molar-refractivity contribution in [2.45, 2.75) is 30.1 Å². The summed E-state index contributed by atoms with van der Waals surface area (Å²) in [6.45, 7) is 2.03. The van der Waals surface area contributed by atoms with E-state index in [1.807, 2.05) is 21.0 Å². The minimum absolute atomic E-state index is 0.100. The van der Waals surface area contributed by atoms with Crippen molar-refractivity contribution in [3.05, 3.63) is 27.4 Å². The van der Waals surface area contributed by atoms with Gasteiger partial charge in [-0.1, -0.05) is 13.3 Å². The van der Waals surface area contributed by atoms with Crippen molar-refractivity contribution < 1.29 is 0 Å². The summed E-state index contributed by atoms with van der Waals surface area (Å²) in [5.41, 5.74) is 0.556. The van der Waals surface area contributed by atoms with E-state index in [9.17, 15) is 4.79 Å². The van der Waals surface area contributed by atoms with Crippen LogP contribution >= 0.6 is 23.4 Å². The fraction of sp³-hybridized carbons (Fsp3) is 0.417. The van der Waals surface area contributed by atoms with E-state index in [1.54, 1.807) is 4.90 Å². The number of hydrogen-bond acceptors (Lipinski definition) is 7. The molecule has 21 heavy (non-hydrogen) atoms. The second-order valence-electron chi connectivity index (χ2n) is 4.48. The Bertz CT molecular complexity index is 690. The van der Waals surface area contributed by atoms with Gasteiger partial charge in [-0.25, -0.2) is 4.98 Å². The first-order valence-electron chi connectivity index (χ1n) is 6.35. The number of nitrogens with one attached hydrogen (secondary N) is 1. The van der Waals surface area contributed by atoms with Gasteiger partial charge in [0.05, 0.1) is 0 Å². The molecule has 2 heterocycles. The van der Waals surface area contributed by atoms with Gasteiger partial charge in [0.1, 0.15) is 0 Å². The molecular formula is C12H15ClN6OS. The van der Waals surface area contributed by atoms with Gasteiger partial charge in [-0.05, 0) is 29.8 Å². The van der Waals surface area contributed by atoms with Crippen LogP contribution in [0.5, 0.6) is 0 Å². The Morgan fingerprint density at radius 1 is 1.29 bits per heavy atom. The summed E-state index contributed by atoms with van der Waals surface area (Å²) < 4.78 is 0. The molecule has 9 heteroatoms. The Morgan fingerprint density at radius 3 is 2.71 bits per heavy atom. The Hall–Kier alpha value is -1.67. The molecule has 0 amide bonds. The van der Waals surface area contributed by atoms with E-state index in [0.29, 0.717) is 16.3 Å². The maximum Gasteiger partial charge on any atom is 0.251 e. The van der Waals surface area contributed by atoms with Crippen LogP contribution in [-0.2, 0) is 6.42 Å². The lowest BCUT2D eigenvalue weighted by Gasteiger charge is -2.10. The number of anilines is 1. The molecule has 0 bridgehead atoms. The molecule has 1 N–H and O–H groups in total. The number of H-pyrrole nitrogens is 1. The summed E-state index contributed by atoms with van der Waals surface area (Å²) in [7, 11) is 3.62. The number of rotatable bonds is 5. The van der Waals surface area contributed by atoms with Gasteiger partial charge in [-0.2, -0.15) is 15.0 Å². The molecule has 112 valence electrons. The fourth-order valence-corrected chi connectivity index (χ4v) is 2.52. The molecule has 0 spiro atoms. The molecule has 2 rings (SSSR count). The van der Waals surface area contributed by atoms with E-state index in [0.717, 1.165) is 30.3 Å². The summed E-state index contributed by atoms with van der Waals surface area (Å²) in [5, 5.41) is 0.927. The molecule has 0 saturated heterocycles. The summed E-state index contributed by atoms with van der Waals surface area (Å²) in [4.78, 5) is 32.7. The lowest BCUT2D eigenvalue weighted by atomic mass is 10.2. The Labute approximate surface area is 131 Å². The van der Waals surface area contributed by atoms with E-state index in [1.165, 1.54) is 6.07 Å². The van der Waals surface area contributed by atoms with Crippen molar-refractivity contribution in [1.82, 2.24) is 24.9 Å². The highest BCUT2D eigenvalue weighted by molar-refractivity contribution is 7.99. The predicted octanol–water partition coefficient (Wildman–Crippen LogP) is 1.78. The van der Waals surface area contributed by atoms with Gasteiger partial charge in [0.25, 0.3) is 5.56 Å². The van der Waals surface area contributed by atoms with Gasteiger partial charge < -0.3 is 9.88 Å². The SMILES string of the molecule is CCCc1cc(=O)[nH]c(Sc2nc(Cl)nc(N(C)C)n2)n1. The van der Waals surface area contributed by atoms with Gasteiger partial charge >= 0.3 is 0 Å². The van der Waals surface area contributed by atoms with Crippen LogP contribution < -0.4 is 10.5 Å². The molecule has 2 aromatic rings. The fourth-order valence-electron chi connectivity index (χ4n) is 1.57. The monoisotopic (exact) mass is 326 g/mol. The molecule has 0 aliphatic carbocycles. The summed E-state index contributed by atoms with van der Waals surface area (Å²) >= 11 is 7.03. The summed E-state index contributed by atoms with van der Waals surface area (Å²) in [6, 6.07) is 1.50. The Morgan fingerprint density at radius 2 is 2.05 bits per heavy atom. The van der Waals surface area contributed by atoms with Crippen molar-refractivity contribution >= 4 is 29.3 Å². The number of aryl methyl sites for hydroxylation is 1. The topological polar surface area (TPSA) is 87.7 Å². The molecule has 0 aliphatic heterocycles. The van der Waals surface area contributed by atoms with Gasteiger partial charge in [-0.15, -0.1) is 0 Å². The van der Waals surface area contributed by atoms with Crippen LogP contribution in [0, 0.1) is 0 Å². The number of nitrogens with zero attached hydrogens (tertiary/aromatic N) is 5. The molecule has 0 aliphatic rings. The van der Waals surface area contributed by atoms with Crippen molar-refractivity contribution in [3.63, 3.8) is 0 Å². The van der Waals surface area contributed by atoms with Gasteiger partial charge in [-0.3, -0.25) is 4.79 Å². The first kappa shape index (κ1) is 15.7. The molecule has 0 aromatic carbocycles. The van der Waals surface area contributed by atoms with Crippen LogP contribution in [0.15, 0.2) is 21.2 Å². The van der Waals surface area contributed by atoms with Crippen LogP contribution in [-0.4, -0.2) is 39.0 Å². The zero-order chi connectivity index (χ0) is 15.4. The lowest BCUT2D eigenvalue weighted by Crippen LogP contribution is -2.14. The first-order valence-corrected chi connectivity index (χ1v) is 7.54. The van der Waals surface area contributed by atoms with Gasteiger partial charge in [0, 0.05) is 25.9 Å². The third-order valence-corrected chi connectivity index (χ3v) is 3.36. The summed E-state index contributed by atoms with van der Waals surface area (Å²) in [6.07, 6.45) is 1.67. The van der Waals surface area contributed by atoms with E-state index in [-0.39, 0.29) is 10.8 Å². The molecule has 0 unspecified atom stereocenters. The maximum absolute atomic E-state index is 11.6. The van der Waals surface area contributed by atoms with Crippen LogP contribution in [0.1, 0.15) is 19.0 Å². The second kappa shape index (κ2) is 6.86. The average Bonchev–Trinajstić information content (AvgIpc) is 2.37. The summed E-state index contributed by atoms with van der Waals surface area (Å²) in [5.74, 6) is 0.449. The number of aromatic amines is 1. The normalized spacial score (nSPS) is 10.7. The smallest absolute Gasteiger partial charge is 0.251 e. The van der Waals surface area contributed by atoms with Crippen LogP contribution in [0.3, 0.4) is 0 Å². The van der Waals surface area contributed by atoms with Crippen molar-refractivity contribution in [1.29, 1.82) is 0 Å². The molecular weight excluding hydrogens is 312 g/mol. The minimum Gasteiger partial charge on any atom is -0.347 e. The molecule has 0 radical (unpaired) electrons. The molecule has 0 saturated carbocycles. The lowest BCUT2D eigenvalue weighted by molar-refractivity contribution is 0.809. The third kappa shape index (κ3) is 4.40. The largest absolute Gasteiger partial charge is 0.347 e. The van der Waals surface area contributed by atoms with Crippen LogP contribution in [0.4, 0.5) is 5.95 Å². The third-order valence-electron chi connectivity index (χ3n) is 2.44. The van der Waals surface area contributed by atoms with Gasteiger partial charge in [0.15, 0.2) is 5.16 Å². The number of halogens is 1. The predicted molar refractivity (Wildman–Crippen MR) is 82.1 cm³/mol. The first-order chi connectivity index (χ1) is 9.97. The molecule has 2 aromatic heterocycles. The average molecular weight is 327 g/mol. The Kier molecular flexibility index (Phi) is 5.13. The maximum atomic E-state index is 11.6. The Balaban J connectivity index is 2.31. The van der Waals surface area contributed by atoms with E-state index >= 15 is 0 Å².